The lowest BCUT2D eigenvalue weighted by Gasteiger charge is -2.18. The average Bonchev–Trinajstić information content (AvgIpc) is 2.78. The van der Waals surface area contributed by atoms with Crippen LogP contribution in [0.3, 0.4) is 0 Å². The predicted octanol–water partition coefficient (Wildman–Crippen LogP) is 2.79. The van der Waals surface area contributed by atoms with Gasteiger partial charge in [-0.15, -0.1) is 0 Å². The number of benzene rings is 1. The van der Waals surface area contributed by atoms with Crippen molar-refractivity contribution in [3.8, 4) is 5.75 Å². The van der Waals surface area contributed by atoms with Crippen LogP contribution < -0.4 is 15.0 Å². The molecule has 1 aromatic heterocycles. The van der Waals surface area contributed by atoms with Crippen LogP contribution in [0.4, 0.5) is 10.2 Å². The Bertz CT molecular complexity index is 681. The summed E-state index contributed by atoms with van der Waals surface area (Å²) < 4.78 is 20.7. The van der Waals surface area contributed by atoms with Gasteiger partial charge in [0.2, 0.25) is 0 Å². The predicted molar refractivity (Wildman–Crippen MR) is 90.5 cm³/mol. The molecule has 5 nitrogen and oxygen atoms in total. The van der Waals surface area contributed by atoms with Crippen LogP contribution >= 0.6 is 0 Å². The Labute approximate surface area is 137 Å². The fourth-order valence-electron chi connectivity index (χ4n) is 2.78. The molecule has 0 aliphatic heterocycles. The molecule has 0 aliphatic carbocycles. The first kappa shape index (κ1) is 17.3. The second-order valence-electron chi connectivity index (χ2n) is 5.90. The first-order valence-electron chi connectivity index (χ1n) is 7.61. The third kappa shape index (κ3) is 3.64. The number of hydrogen-bond acceptors (Lipinski definition) is 4. The van der Waals surface area contributed by atoms with E-state index in [0.29, 0.717) is 6.54 Å². The lowest BCUT2D eigenvalue weighted by Crippen LogP contribution is -2.21. The molecule has 0 radical (unpaired) electrons. The van der Waals surface area contributed by atoms with Gasteiger partial charge in [0.1, 0.15) is 5.82 Å². The molecule has 0 saturated heterocycles. The third-order valence-corrected chi connectivity index (χ3v) is 4.00. The quantitative estimate of drug-likeness (QED) is 0.889. The van der Waals surface area contributed by atoms with Crippen molar-refractivity contribution in [2.75, 3.05) is 26.1 Å². The molecule has 0 fully saturated rings. The summed E-state index contributed by atoms with van der Waals surface area (Å²) in [5, 5.41) is 7.92. The lowest BCUT2D eigenvalue weighted by molar-refractivity contribution is 0.385. The van der Waals surface area contributed by atoms with Crippen molar-refractivity contribution < 1.29 is 9.13 Å². The maximum absolute atomic E-state index is 13.8. The van der Waals surface area contributed by atoms with Crippen LogP contribution in [0.15, 0.2) is 18.2 Å². The van der Waals surface area contributed by atoms with Crippen molar-refractivity contribution in [2.24, 2.45) is 7.05 Å². The smallest absolute Gasteiger partial charge is 0.165 e. The number of rotatable bonds is 6. The van der Waals surface area contributed by atoms with Crippen molar-refractivity contribution in [3.63, 3.8) is 0 Å². The second-order valence-corrected chi connectivity index (χ2v) is 5.90. The van der Waals surface area contributed by atoms with E-state index in [1.165, 1.54) is 13.2 Å². The maximum atomic E-state index is 13.8. The van der Waals surface area contributed by atoms with Crippen molar-refractivity contribution in [1.29, 1.82) is 0 Å². The van der Waals surface area contributed by atoms with E-state index in [2.05, 4.69) is 15.3 Å². The normalized spacial score (nSPS) is 12.3. The summed E-state index contributed by atoms with van der Waals surface area (Å²) in [6, 6.07) is 5.07. The van der Waals surface area contributed by atoms with Gasteiger partial charge in [-0.3, -0.25) is 4.68 Å². The van der Waals surface area contributed by atoms with Gasteiger partial charge in [-0.05, 0) is 31.5 Å². The van der Waals surface area contributed by atoms with Crippen molar-refractivity contribution in [3.05, 3.63) is 40.8 Å². The van der Waals surface area contributed by atoms with E-state index in [1.807, 2.05) is 45.7 Å². The molecule has 2 rings (SSSR count). The highest BCUT2D eigenvalue weighted by molar-refractivity contribution is 5.48. The highest BCUT2D eigenvalue weighted by Crippen LogP contribution is 2.24. The summed E-state index contributed by atoms with van der Waals surface area (Å²) >= 11 is 0. The van der Waals surface area contributed by atoms with Gasteiger partial charge in [-0.25, -0.2) is 4.39 Å². The third-order valence-electron chi connectivity index (χ3n) is 4.00. The Morgan fingerprint density at radius 2 is 2.09 bits per heavy atom. The number of nitrogens with zero attached hydrogens (tertiary/aromatic N) is 3. The molecule has 1 heterocycles. The number of halogens is 1. The molecule has 1 N–H and O–H groups in total. The summed E-state index contributed by atoms with van der Waals surface area (Å²) in [6.45, 7) is 4.69. The highest BCUT2D eigenvalue weighted by Gasteiger charge is 2.16. The minimum atomic E-state index is -0.342. The molecule has 126 valence electrons. The number of ether oxygens (including phenoxy) is 1. The Morgan fingerprint density at radius 3 is 2.65 bits per heavy atom. The number of hydrogen-bond donors (Lipinski definition) is 1. The van der Waals surface area contributed by atoms with Gasteiger partial charge in [0.25, 0.3) is 0 Å². The SMILES string of the molecule is COc1ccc([C@H](C)NCc2c(C)nn(C)c2N(C)C)cc1F. The monoisotopic (exact) mass is 320 g/mol. The highest BCUT2D eigenvalue weighted by atomic mass is 19.1. The van der Waals surface area contributed by atoms with Crippen LogP contribution in [-0.4, -0.2) is 31.0 Å². The van der Waals surface area contributed by atoms with Crippen LogP contribution in [0.25, 0.3) is 0 Å². The van der Waals surface area contributed by atoms with Gasteiger partial charge in [-0.2, -0.15) is 5.10 Å². The standard InChI is InChI=1S/C17H25FN4O/c1-11(13-7-8-16(23-6)15(18)9-13)19-10-14-12(2)20-22(5)17(14)21(3)4/h7-9,11,19H,10H2,1-6H3/t11-/m0/s1. The first-order valence-corrected chi connectivity index (χ1v) is 7.61. The molecule has 0 saturated carbocycles. The minimum Gasteiger partial charge on any atom is -0.494 e. The van der Waals surface area contributed by atoms with Crippen LogP contribution in [0.5, 0.6) is 5.75 Å². The molecular formula is C17H25FN4O. The van der Waals surface area contributed by atoms with Gasteiger partial charge in [-0.1, -0.05) is 6.07 Å². The Kier molecular flexibility index (Phi) is 5.26. The number of nitrogens with one attached hydrogen (secondary N) is 1. The second kappa shape index (κ2) is 7.00. The van der Waals surface area contributed by atoms with E-state index >= 15 is 0 Å². The fraction of sp³-hybridized carbons (Fsp3) is 0.471. The van der Waals surface area contributed by atoms with E-state index in [9.17, 15) is 4.39 Å². The summed E-state index contributed by atoms with van der Waals surface area (Å²) in [5.74, 6) is 0.993. The molecule has 1 aromatic carbocycles. The van der Waals surface area contributed by atoms with Crippen LogP contribution in [0.1, 0.15) is 29.8 Å². The molecule has 0 bridgehead atoms. The zero-order valence-electron chi connectivity index (χ0n) is 14.6. The van der Waals surface area contributed by atoms with Crippen LogP contribution in [0, 0.1) is 12.7 Å². The van der Waals surface area contributed by atoms with Crippen LogP contribution in [-0.2, 0) is 13.6 Å². The van der Waals surface area contributed by atoms with Crippen LogP contribution in [0.2, 0.25) is 0 Å². The minimum absolute atomic E-state index is 0.0185. The van der Waals surface area contributed by atoms with E-state index in [1.54, 1.807) is 6.07 Å². The van der Waals surface area contributed by atoms with Gasteiger partial charge in [0, 0.05) is 39.3 Å². The fourth-order valence-corrected chi connectivity index (χ4v) is 2.78. The van der Waals surface area contributed by atoms with Crippen molar-refractivity contribution in [2.45, 2.75) is 26.4 Å². The molecule has 0 spiro atoms. The molecule has 0 unspecified atom stereocenters. The van der Waals surface area contributed by atoms with E-state index in [0.717, 1.165) is 22.6 Å². The van der Waals surface area contributed by atoms with Gasteiger partial charge in [0.05, 0.1) is 12.8 Å². The Balaban J connectivity index is 2.13. The van der Waals surface area contributed by atoms with E-state index < -0.39 is 0 Å². The summed E-state index contributed by atoms with van der Waals surface area (Å²) in [5.41, 5.74) is 3.03. The van der Waals surface area contributed by atoms with Gasteiger partial charge in [0.15, 0.2) is 11.6 Å². The zero-order valence-corrected chi connectivity index (χ0v) is 14.6. The summed E-state index contributed by atoms with van der Waals surface area (Å²) in [7, 11) is 7.41. The number of aryl methyl sites for hydroxylation is 2. The lowest BCUT2D eigenvalue weighted by atomic mass is 10.1. The van der Waals surface area contributed by atoms with Crippen molar-refractivity contribution in [1.82, 2.24) is 15.1 Å². The summed E-state index contributed by atoms with van der Waals surface area (Å²) in [6.07, 6.45) is 0. The number of aromatic nitrogens is 2. The molecular weight excluding hydrogens is 295 g/mol. The topological polar surface area (TPSA) is 42.3 Å². The Morgan fingerprint density at radius 1 is 1.39 bits per heavy atom. The van der Waals surface area contributed by atoms with E-state index in [-0.39, 0.29) is 17.6 Å². The zero-order chi connectivity index (χ0) is 17.1. The Hall–Kier alpha value is -2.08. The molecule has 1 atom stereocenters. The van der Waals surface area contributed by atoms with E-state index in [4.69, 9.17) is 4.74 Å². The van der Waals surface area contributed by atoms with Gasteiger partial charge >= 0.3 is 0 Å². The first-order chi connectivity index (χ1) is 10.8. The molecule has 2 aromatic rings. The molecule has 0 aliphatic rings. The number of anilines is 1. The molecule has 23 heavy (non-hydrogen) atoms. The van der Waals surface area contributed by atoms with Crippen molar-refractivity contribution >= 4 is 5.82 Å². The number of methoxy groups -OCH3 is 1. The van der Waals surface area contributed by atoms with Gasteiger partial charge < -0.3 is 15.0 Å². The largest absolute Gasteiger partial charge is 0.494 e. The molecule has 6 heteroatoms. The molecule has 0 amide bonds. The summed E-state index contributed by atoms with van der Waals surface area (Å²) in [4.78, 5) is 2.05. The maximum Gasteiger partial charge on any atom is 0.165 e. The average molecular weight is 320 g/mol.